The molecule has 1 fully saturated rings. The number of amides is 2. The van der Waals surface area contributed by atoms with Gasteiger partial charge >= 0.3 is 0 Å². The van der Waals surface area contributed by atoms with E-state index in [2.05, 4.69) is 16.0 Å². The quantitative estimate of drug-likeness (QED) is 0.559. The SMILES string of the molecule is Cc1ccc(NC(=O)[C@H](Cc2ccccc2)NC(=O)C2CC[NH2+]CC2)cc1.[Cl-]. The highest BCUT2D eigenvalue weighted by molar-refractivity contribution is 5.97. The van der Waals surface area contributed by atoms with Gasteiger partial charge in [-0.3, -0.25) is 9.59 Å². The zero-order valence-electron chi connectivity index (χ0n) is 16.2. The van der Waals surface area contributed by atoms with E-state index in [4.69, 9.17) is 0 Å². The maximum atomic E-state index is 12.9. The molecule has 0 aliphatic carbocycles. The number of piperidine rings is 1. The molecule has 0 radical (unpaired) electrons. The van der Waals surface area contributed by atoms with E-state index >= 15 is 0 Å². The van der Waals surface area contributed by atoms with Crippen molar-refractivity contribution < 1.29 is 27.3 Å². The number of halogens is 1. The Kier molecular flexibility index (Phi) is 8.48. The highest BCUT2D eigenvalue weighted by Crippen LogP contribution is 2.13. The van der Waals surface area contributed by atoms with Crippen molar-refractivity contribution >= 4 is 17.5 Å². The number of nitrogens with two attached hydrogens (primary N) is 1. The Morgan fingerprint density at radius 2 is 1.68 bits per heavy atom. The maximum Gasteiger partial charge on any atom is 0.247 e. The third-order valence-electron chi connectivity index (χ3n) is 5.04. The molecule has 1 saturated heterocycles. The molecule has 1 heterocycles. The standard InChI is InChI=1S/C22H27N3O2.ClH/c1-16-7-9-19(10-8-16)24-22(27)20(15-17-5-3-2-4-6-17)25-21(26)18-11-13-23-14-12-18;/h2-10,18,20,23H,11-15H2,1H3,(H,24,27)(H,25,26);1H/t20-;/m0./s1. The van der Waals surface area contributed by atoms with Crippen LogP contribution in [0.1, 0.15) is 24.0 Å². The first-order valence-corrected chi connectivity index (χ1v) is 9.65. The van der Waals surface area contributed by atoms with Crippen LogP contribution in [-0.4, -0.2) is 30.9 Å². The van der Waals surface area contributed by atoms with Gasteiger partial charge in [-0.1, -0.05) is 48.0 Å². The van der Waals surface area contributed by atoms with E-state index in [0.29, 0.717) is 6.42 Å². The summed E-state index contributed by atoms with van der Waals surface area (Å²) in [5.74, 6) is -0.193. The molecule has 0 unspecified atom stereocenters. The second kappa shape index (κ2) is 10.8. The number of rotatable bonds is 6. The molecular weight excluding hydrogens is 374 g/mol. The molecule has 2 aromatic rings. The Bertz CT molecular complexity index is 759. The van der Waals surface area contributed by atoms with Gasteiger partial charge in [0, 0.05) is 30.9 Å². The van der Waals surface area contributed by atoms with Gasteiger partial charge in [0.05, 0.1) is 13.1 Å². The third kappa shape index (κ3) is 6.36. The van der Waals surface area contributed by atoms with Gasteiger partial charge in [0.1, 0.15) is 6.04 Å². The number of hydrogen-bond donors (Lipinski definition) is 3. The third-order valence-corrected chi connectivity index (χ3v) is 5.04. The van der Waals surface area contributed by atoms with Crippen LogP contribution in [0.3, 0.4) is 0 Å². The molecule has 28 heavy (non-hydrogen) atoms. The molecule has 150 valence electrons. The predicted octanol–water partition coefficient (Wildman–Crippen LogP) is -1.36. The van der Waals surface area contributed by atoms with Crippen molar-refractivity contribution in [3.8, 4) is 0 Å². The normalized spacial score (nSPS) is 15.2. The molecular formula is C22H28ClN3O2. The maximum absolute atomic E-state index is 12.9. The van der Waals surface area contributed by atoms with Crippen LogP contribution in [-0.2, 0) is 16.0 Å². The molecule has 1 aliphatic heterocycles. The van der Waals surface area contributed by atoms with E-state index in [1.54, 1.807) is 0 Å². The number of quaternary nitrogens is 1. The lowest BCUT2D eigenvalue weighted by Gasteiger charge is -2.24. The van der Waals surface area contributed by atoms with Gasteiger partial charge < -0.3 is 28.4 Å². The van der Waals surface area contributed by atoms with E-state index in [1.807, 2.05) is 61.5 Å². The minimum Gasteiger partial charge on any atom is -1.00 e. The minimum atomic E-state index is -0.591. The van der Waals surface area contributed by atoms with Gasteiger partial charge in [0.2, 0.25) is 11.8 Å². The summed E-state index contributed by atoms with van der Waals surface area (Å²) in [4.78, 5) is 25.6. The lowest BCUT2D eigenvalue weighted by molar-refractivity contribution is -0.664. The van der Waals surface area contributed by atoms with Crippen molar-refractivity contribution in [2.75, 3.05) is 18.4 Å². The van der Waals surface area contributed by atoms with Gasteiger partial charge in [-0.05, 0) is 24.6 Å². The Labute approximate surface area is 172 Å². The zero-order chi connectivity index (χ0) is 19.1. The summed E-state index contributed by atoms with van der Waals surface area (Å²) in [6.45, 7) is 3.94. The highest BCUT2D eigenvalue weighted by atomic mass is 35.5. The predicted molar refractivity (Wildman–Crippen MR) is 106 cm³/mol. The van der Waals surface area contributed by atoms with Crippen molar-refractivity contribution in [1.29, 1.82) is 0 Å². The number of benzene rings is 2. The second-order valence-electron chi connectivity index (χ2n) is 7.25. The van der Waals surface area contributed by atoms with Crippen LogP contribution in [0.25, 0.3) is 0 Å². The van der Waals surface area contributed by atoms with Crippen LogP contribution in [0.5, 0.6) is 0 Å². The Hall–Kier alpha value is -2.37. The van der Waals surface area contributed by atoms with Crippen LogP contribution in [0, 0.1) is 12.8 Å². The fraction of sp³-hybridized carbons (Fsp3) is 0.364. The van der Waals surface area contributed by atoms with Crippen molar-refractivity contribution in [3.05, 3.63) is 65.7 Å². The summed E-state index contributed by atoms with van der Waals surface area (Å²) in [6.07, 6.45) is 2.20. The fourth-order valence-corrected chi connectivity index (χ4v) is 3.40. The molecule has 0 aromatic heterocycles. The molecule has 1 aliphatic rings. The van der Waals surface area contributed by atoms with Crippen molar-refractivity contribution in [1.82, 2.24) is 5.32 Å². The summed E-state index contributed by atoms with van der Waals surface area (Å²) in [6, 6.07) is 16.9. The summed E-state index contributed by atoms with van der Waals surface area (Å²) < 4.78 is 0. The Morgan fingerprint density at radius 1 is 1.04 bits per heavy atom. The molecule has 0 saturated carbocycles. The van der Waals surface area contributed by atoms with Gasteiger partial charge in [-0.15, -0.1) is 0 Å². The largest absolute Gasteiger partial charge is 1.00 e. The van der Waals surface area contributed by atoms with Crippen LogP contribution in [0.2, 0.25) is 0 Å². The van der Waals surface area contributed by atoms with Gasteiger partial charge in [0.15, 0.2) is 0 Å². The average molecular weight is 402 g/mol. The number of hydrogen-bond acceptors (Lipinski definition) is 2. The van der Waals surface area contributed by atoms with E-state index in [9.17, 15) is 9.59 Å². The van der Waals surface area contributed by atoms with Crippen molar-refractivity contribution in [3.63, 3.8) is 0 Å². The molecule has 6 heteroatoms. The topological polar surface area (TPSA) is 74.8 Å². The highest BCUT2D eigenvalue weighted by Gasteiger charge is 2.28. The first-order chi connectivity index (χ1) is 13.1. The monoisotopic (exact) mass is 401 g/mol. The van der Waals surface area contributed by atoms with Gasteiger partial charge in [-0.25, -0.2) is 0 Å². The molecule has 1 atom stereocenters. The number of nitrogens with one attached hydrogen (secondary N) is 2. The van der Waals surface area contributed by atoms with E-state index in [-0.39, 0.29) is 30.1 Å². The van der Waals surface area contributed by atoms with Gasteiger partial charge in [-0.2, -0.15) is 0 Å². The first-order valence-electron chi connectivity index (χ1n) is 9.65. The molecule has 5 nitrogen and oxygen atoms in total. The summed E-state index contributed by atoms with van der Waals surface area (Å²) in [7, 11) is 0. The molecule has 2 aromatic carbocycles. The lowest BCUT2D eigenvalue weighted by Crippen LogP contribution is -3.00. The Morgan fingerprint density at radius 3 is 2.32 bits per heavy atom. The lowest BCUT2D eigenvalue weighted by atomic mass is 9.96. The van der Waals surface area contributed by atoms with Crippen molar-refractivity contribution in [2.45, 2.75) is 32.2 Å². The number of anilines is 1. The van der Waals surface area contributed by atoms with E-state index < -0.39 is 6.04 Å². The van der Waals surface area contributed by atoms with Crippen LogP contribution >= 0.6 is 0 Å². The Balaban J connectivity index is 0.00000280. The number of aryl methyl sites for hydroxylation is 1. The van der Waals surface area contributed by atoms with Crippen LogP contribution in [0.15, 0.2) is 54.6 Å². The average Bonchev–Trinajstić information content (AvgIpc) is 2.70. The summed E-state index contributed by atoms with van der Waals surface area (Å²) >= 11 is 0. The molecule has 3 rings (SSSR count). The number of carbonyl (C=O) groups excluding carboxylic acids is 2. The fourth-order valence-electron chi connectivity index (χ4n) is 3.40. The smallest absolute Gasteiger partial charge is 0.247 e. The first kappa shape index (κ1) is 21.9. The molecule has 0 spiro atoms. The summed E-state index contributed by atoms with van der Waals surface area (Å²) in [5.41, 5.74) is 2.90. The van der Waals surface area contributed by atoms with Gasteiger partial charge in [0.25, 0.3) is 0 Å². The molecule has 2 amide bonds. The second-order valence-corrected chi connectivity index (χ2v) is 7.25. The van der Waals surface area contributed by atoms with Crippen LogP contribution < -0.4 is 28.4 Å². The summed E-state index contributed by atoms with van der Waals surface area (Å²) in [5, 5.41) is 8.17. The molecule has 4 N–H and O–H groups in total. The minimum absolute atomic E-state index is 0. The van der Waals surface area contributed by atoms with Crippen molar-refractivity contribution in [2.24, 2.45) is 5.92 Å². The molecule has 0 bridgehead atoms. The zero-order valence-corrected chi connectivity index (χ0v) is 16.9. The van der Waals surface area contributed by atoms with E-state index in [1.165, 1.54) is 0 Å². The number of carbonyl (C=O) groups is 2. The van der Waals surface area contributed by atoms with Crippen LogP contribution in [0.4, 0.5) is 5.69 Å². The van der Waals surface area contributed by atoms with E-state index in [0.717, 1.165) is 42.7 Å².